The molecule has 16 heavy (non-hydrogen) atoms. The molecule has 0 saturated heterocycles. The van der Waals surface area contributed by atoms with Gasteiger partial charge in [-0.05, 0) is 30.0 Å². The van der Waals surface area contributed by atoms with Gasteiger partial charge in [-0.15, -0.1) is 0 Å². The van der Waals surface area contributed by atoms with Crippen LogP contribution in [-0.2, 0) is 0 Å². The largest absolute Gasteiger partial charge is 0.271 e. The van der Waals surface area contributed by atoms with Crippen molar-refractivity contribution < 1.29 is 0 Å². The zero-order chi connectivity index (χ0) is 12.0. The average Bonchev–Trinajstić information content (AvgIpc) is 2.32. The topological polar surface area (TPSA) is 38.0 Å². The van der Waals surface area contributed by atoms with Crippen LogP contribution in [0.25, 0.3) is 0 Å². The molecule has 0 aliphatic heterocycles. The quantitative estimate of drug-likeness (QED) is 0.616. The Morgan fingerprint density at radius 1 is 1.19 bits per heavy atom. The molecule has 2 nitrogen and oxygen atoms in total. The summed E-state index contributed by atoms with van der Waals surface area (Å²) in [5, 5.41) is 0. The molecule has 90 valence electrons. The van der Waals surface area contributed by atoms with E-state index in [1.807, 2.05) is 0 Å². The first kappa shape index (κ1) is 13.7. The van der Waals surface area contributed by atoms with Crippen molar-refractivity contribution in [3.8, 4) is 0 Å². The van der Waals surface area contributed by atoms with E-state index in [1.54, 1.807) is 0 Å². The van der Waals surface area contributed by atoms with Gasteiger partial charge in [-0.1, -0.05) is 54.8 Å². The molecular formula is C13H21BrN2. The summed E-state index contributed by atoms with van der Waals surface area (Å²) in [7, 11) is 0. The van der Waals surface area contributed by atoms with Crippen LogP contribution >= 0.6 is 15.9 Å². The van der Waals surface area contributed by atoms with E-state index in [0.717, 1.165) is 16.8 Å². The molecule has 0 aliphatic rings. The minimum atomic E-state index is 0.262. The maximum Gasteiger partial charge on any atom is 0.0462 e. The lowest BCUT2D eigenvalue weighted by Gasteiger charge is -2.21. The van der Waals surface area contributed by atoms with Crippen molar-refractivity contribution in [2.75, 3.05) is 0 Å². The third-order valence-corrected chi connectivity index (χ3v) is 3.73. The number of nitrogens with one attached hydrogen (secondary N) is 1. The smallest absolute Gasteiger partial charge is 0.0462 e. The first-order valence-electron chi connectivity index (χ1n) is 5.92. The van der Waals surface area contributed by atoms with E-state index in [9.17, 15) is 0 Å². The predicted molar refractivity (Wildman–Crippen MR) is 72.9 cm³/mol. The molecule has 3 heteroatoms. The number of halogens is 1. The SMILES string of the molecule is CCC(CC)CC(NN)c1ccc(Br)cc1. The normalized spacial score (nSPS) is 13.1. The van der Waals surface area contributed by atoms with Crippen molar-refractivity contribution in [2.24, 2.45) is 11.8 Å². The second kappa shape index (κ2) is 7.05. The molecule has 1 atom stereocenters. The second-order valence-corrected chi connectivity index (χ2v) is 5.10. The summed E-state index contributed by atoms with van der Waals surface area (Å²) in [4.78, 5) is 0. The van der Waals surface area contributed by atoms with Gasteiger partial charge < -0.3 is 0 Å². The van der Waals surface area contributed by atoms with Crippen LogP contribution in [0.2, 0.25) is 0 Å². The lowest BCUT2D eigenvalue weighted by Crippen LogP contribution is -2.29. The highest BCUT2D eigenvalue weighted by Crippen LogP contribution is 2.25. The van der Waals surface area contributed by atoms with Crippen LogP contribution in [0.4, 0.5) is 0 Å². The van der Waals surface area contributed by atoms with Crippen LogP contribution in [0, 0.1) is 5.92 Å². The van der Waals surface area contributed by atoms with Crippen molar-refractivity contribution in [3.05, 3.63) is 34.3 Å². The van der Waals surface area contributed by atoms with Gasteiger partial charge in [0, 0.05) is 10.5 Å². The molecule has 0 amide bonds. The molecule has 1 unspecified atom stereocenters. The van der Waals surface area contributed by atoms with Crippen LogP contribution in [0.1, 0.15) is 44.7 Å². The lowest BCUT2D eigenvalue weighted by molar-refractivity contribution is 0.375. The summed E-state index contributed by atoms with van der Waals surface area (Å²) in [6.45, 7) is 4.48. The van der Waals surface area contributed by atoms with Crippen LogP contribution in [-0.4, -0.2) is 0 Å². The molecule has 0 fully saturated rings. The van der Waals surface area contributed by atoms with Gasteiger partial charge in [-0.25, -0.2) is 0 Å². The molecule has 0 aliphatic carbocycles. The summed E-state index contributed by atoms with van der Waals surface area (Å²) in [6.07, 6.45) is 3.53. The van der Waals surface area contributed by atoms with Crippen LogP contribution in [0.3, 0.4) is 0 Å². The average molecular weight is 285 g/mol. The molecule has 0 saturated carbocycles. The highest BCUT2D eigenvalue weighted by atomic mass is 79.9. The number of hydrazine groups is 1. The van der Waals surface area contributed by atoms with Crippen LogP contribution < -0.4 is 11.3 Å². The van der Waals surface area contributed by atoms with Crippen molar-refractivity contribution in [3.63, 3.8) is 0 Å². The lowest BCUT2D eigenvalue weighted by atomic mass is 9.91. The van der Waals surface area contributed by atoms with Gasteiger partial charge in [-0.3, -0.25) is 11.3 Å². The van der Waals surface area contributed by atoms with Gasteiger partial charge in [0.05, 0.1) is 0 Å². The standard InChI is InChI=1S/C13H21BrN2/c1-3-10(4-2)9-13(16-15)11-5-7-12(14)8-6-11/h5-8,10,13,16H,3-4,9,15H2,1-2H3. The van der Waals surface area contributed by atoms with E-state index in [-0.39, 0.29) is 6.04 Å². The fraction of sp³-hybridized carbons (Fsp3) is 0.538. The van der Waals surface area contributed by atoms with E-state index in [1.165, 1.54) is 18.4 Å². The summed E-state index contributed by atoms with van der Waals surface area (Å²) in [5.74, 6) is 6.38. The first-order chi connectivity index (χ1) is 7.71. The zero-order valence-corrected chi connectivity index (χ0v) is 11.6. The van der Waals surface area contributed by atoms with Crippen molar-refractivity contribution in [2.45, 2.75) is 39.2 Å². The summed E-state index contributed by atoms with van der Waals surface area (Å²) in [5.41, 5.74) is 4.18. The molecule has 0 heterocycles. The fourth-order valence-corrected chi connectivity index (χ4v) is 2.22. The Hall–Kier alpha value is -0.380. The van der Waals surface area contributed by atoms with Gasteiger partial charge in [-0.2, -0.15) is 0 Å². The number of hydrogen-bond donors (Lipinski definition) is 2. The van der Waals surface area contributed by atoms with Crippen molar-refractivity contribution >= 4 is 15.9 Å². The molecule has 1 aromatic carbocycles. The Bertz CT molecular complexity index is 293. The van der Waals surface area contributed by atoms with E-state index in [4.69, 9.17) is 5.84 Å². The van der Waals surface area contributed by atoms with Crippen LogP contribution in [0.5, 0.6) is 0 Å². The summed E-state index contributed by atoms with van der Waals surface area (Å²) < 4.78 is 1.11. The molecular weight excluding hydrogens is 264 g/mol. The molecule has 3 N–H and O–H groups in total. The Morgan fingerprint density at radius 2 is 1.75 bits per heavy atom. The second-order valence-electron chi connectivity index (χ2n) is 4.19. The highest BCUT2D eigenvalue weighted by molar-refractivity contribution is 9.10. The number of hydrogen-bond acceptors (Lipinski definition) is 2. The maximum absolute atomic E-state index is 5.64. The minimum Gasteiger partial charge on any atom is -0.271 e. The van der Waals surface area contributed by atoms with Crippen LogP contribution in [0.15, 0.2) is 28.7 Å². The van der Waals surface area contributed by atoms with Gasteiger partial charge >= 0.3 is 0 Å². The molecule has 1 aromatic rings. The predicted octanol–water partition coefficient (Wildman–Crippen LogP) is 3.78. The van der Waals surface area contributed by atoms with E-state index in [0.29, 0.717) is 0 Å². The third-order valence-electron chi connectivity index (χ3n) is 3.20. The highest BCUT2D eigenvalue weighted by Gasteiger charge is 2.14. The Morgan fingerprint density at radius 3 is 2.19 bits per heavy atom. The van der Waals surface area contributed by atoms with E-state index >= 15 is 0 Å². The monoisotopic (exact) mass is 284 g/mol. The molecule has 1 rings (SSSR count). The minimum absolute atomic E-state index is 0.262. The van der Waals surface area contributed by atoms with Gasteiger partial charge in [0.1, 0.15) is 0 Å². The molecule has 0 radical (unpaired) electrons. The summed E-state index contributed by atoms with van der Waals surface area (Å²) >= 11 is 3.44. The Labute approximate surface area is 107 Å². The number of benzene rings is 1. The molecule has 0 spiro atoms. The number of nitrogens with two attached hydrogens (primary N) is 1. The van der Waals surface area contributed by atoms with Gasteiger partial charge in [0.2, 0.25) is 0 Å². The Kier molecular flexibility index (Phi) is 6.03. The third kappa shape index (κ3) is 3.89. The van der Waals surface area contributed by atoms with E-state index in [2.05, 4.69) is 59.5 Å². The van der Waals surface area contributed by atoms with Crippen molar-refractivity contribution in [1.29, 1.82) is 0 Å². The number of rotatable bonds is 6. The van der Waals surface area contributed by atoms with Gasteiger partial charge in [0.25, 0.3) is 0 Å². The molecule has 0 aromatic heterocycles. The molecule has 0 bridgehead atoms. The van der Waals surface area contributed by atoms with Gasteiger partial charge in [0.15, 0.2) is 0 Å². The van der Waals surface area contributed by atoms with Crippen molar-refractivity contribution in [1.82, 2.24) is 5.43 Å². The van der Waals surface area contributed by atoms with E-state index < -0.39 is 0 Å². The first-order valence-corrected chi connectivity index (χ1v) is 6.72. The zero-order valence-electron chi connectivity index (χ0n) is 10.0. The maximum atomic E-state index is 5.64. The summed E-state index contributed by atoms with van der Waals surface area (Å²) in [6, 6.07) is 8.63. The Balaban J connectivity index is 2.70. The fourth-order valence-electron chi connectivity index (χ4n) is 1.95.